The number of nitrogens with two attached hydrogens (primary N) is 1. The number of benzene rings is 1. The van der Waals surface area contributed by atoms with Crippen LogP contribution in [0.1, 0.15) is 18.5 Å². The van der Waals surface area contributed by atoms with E-state index in [9.17, 15) is 9.59 Å². The van der Waals surface area contributed by atoms with Gasteiger partial charge in [-0.1, -0.05) is 0 Å². The van der Waals surface area contributed by atoms with Gasteiger partial charge in [-0.25, -0.2) is 4.98 Å². The first-order valence-electron chi connectivity index (χ1n) is 8.73. The molecule has 1 aliphatic rings. The van der Waals surface area contributed by atoms with Crippen LogP contribution in [-0.2, 0) is 14.3 Å². The summed E-state index contributed by atoms with van der Waals surface area (Å²) in [5.74, 6) is -0.392. The molecule has 3 rings (SSSR count). The van der Waals surface area contributed by atoms with Crippen molar-refractivity contribution in [1.82, 2.24) is 15.3 Å². The Labute approximate surface area is 173 Å². The second-order valence-corrected chi connectivity index (χ2v) is 6.45. The Hall–Kier alpha value is -3.20. The first kappa shape index (κ1) is 22.1. The number of amides is 1. The summed E-state index contributed by atoms with van der Waals surface area (Å²) in [5.41, 5.74) is 7.20. The molecule has 1 saturated heterocycles. The number of nitrogens with zero attached hydrogens (tertiary/aromatic N) is 2. The van der Waals surface area contributed by atoms with Crippen molar-refractivity contribution in [2.45, 2.75) is 18.9 Å². The van der Waals surface area contributed by atoms with Crippen LogP contribution in [0.15, 0.2) is 36.7 Å². The largest absolute Gasteiger partial charge is 0.491 e. The van der Waals surface area contributed by atoms with Gasteiger partial charge in [0.2, 0.25) is 5.91 Å². The van der Waals surface area contributed by atoms with Crippen molar-refractivity contribution in [2.24, 2.45) is 11.7 Å². The zero-order valence-electron chi connectivity index (χ0n) is 15.8. The summed E-state index contributed by atoms with van der Waals surface area (Å²) < 4.78 is 10.4. The minimum absolute atomic E-state index is 0. The van der Waals surface area contributed by atoms with Crippen molar-refractivity contribution < 1.29 is 19.1 Å². The van der Waals surface area contributed by atoms with E-state index in [1.54, 1.807) is 18.3 Å². The van der Waals surface area contributed by atoms with E-state index in [1.165, 1.54) is 13.3 Å². The number of aromatic nitrogens is 2. The van der Waals surface area contributed by atoms with Crippen molar-refractivity contribution in [2.75, 3.05) is 13.7 Å². The van der Waals surface area contributed by atoms with Gasteiger partial charge in [-0.2, -0.15) is 0 Å². The molecule has 154 valence electrons. The van der Waals surface area contributed by atoms with Crippen LogP contribution in [-0.4, -0.2) is 47.4 Å². The molecule has 2 aromatic rings. The van der Waals surface area contributed by atoms with Gasteiger partial charge in [-0.15, -0.1) is 12.4 Å². The quantitative estimate of drug-likeness (QED) is 0.349. The van der Waals surface area contributed by atoms with Gasteiger partial charge in [0.1, 0.15) is 23.9 Å². The molecule has 1 aromatic carbocycles. The van der Waals surface area contributed by atoms with E-state index >= 15 is 0 Å². The second kappa shape index (κ2) is 9.83. The lowest BCUT2D eigenvalue weighted by Crippen LogP contribution is -2.31. The summed E-state index contributed by atoms with van der Waals surface area (Å²) in [6.07, 6.45) is 3.62. The van der Waals surface area contributed by atoms with Crippen molar-refractivity contribution in [3.05, 3.63) is 42.4 Å². The smallest absolute Gasteiger partial charge is 0.306 e. The fourth-order valence-electron chi connectivity index (χ4n) is 2.93. The van der Waals surface area contributed by atoms with Crippen LogP contribution in [0.5, 0.6) is 5.75 Å². The molecule has 1 aliphatic heterocycles. The summed E-state index contributed by atoms with van der Waals surface area (Å²) in [7, 11) is 1.31. The fraction of sp³-hybridized carbons (Fsp3) is 0.316. The molecule has 0 spiro atoms. The molecule has 1 aromatic heterocycles. The van der Waals surface area contributed by atoms with Crippen molar-refractivity contribution in [3.63, 3.8) is 0 Å². The molecular weight excluding hydrogens is 398 g/mol. The molecule has 1 amide bonds. The van der Waals surface area contributed by atoms with Gasteiger partial charge in [-0.3, -0.25) is 20.0 Å². The van der Waals surface area contributed by atoms with Crippen molar-refractivity contribution in [1.29, 1.82) is 5.41 Å². The molecule has 4 N–H and O–H groups in total. The maximum absolute atomic E-state index is 11.9. The SMILES string of the molecule is COC(=O)C[C@@H]1C[C@@H](COc2ccc(-c3cnc(C(=N)N)cn3)cc2)NC1=O.Cl. The molecule has 0 bridgehead atoms. The molecule has 2 heterocycles. The summed E-state index contributed by atoms with van der Waals surface area (Å²) >= 11 is 0. The van der Waals surface area contributed by atoms with E-state index in [-0.39, 0.29) is 42.5 Å². The van der Waals surface area contributed by atoms with Crippen LogP contribution >= 0.6 is 12.4 Å². The predicted octanol–water partition coefficient (Wildman–Crippen LogP) is 1.30. The number of hydrogen-bond donors (Lipinski definition) is 3. The fourth-order valence-corrected chi connectivity index (χ4v) is 2.93. The Bertz CT molecular complexity index is 873. The van der Waals surface area contributed by atoms with Crippen LogP contribution in [0, 0.1) is 11.3 Å². The number of hydrogen-bond acceptors (Lipinski definition) is 7. The average molecular weight is 420 g/mol. The first-order chi connectivity index (χ1) is 13.5. The number of nitrogen functional groups attached to an aromatic ring is 1. The Morgan fingerprint density at radius 1 is 1.28 bits per heavy atom. The maximum Gasteiger partial charge on any atom is 0.306 e. The van der Waals surface area contributed by atoms with E-state index in [2.05, 4.69) is 20.0 Å². The molecule has 1 fully saturated rings. The van der Waals surface area contributed by atoms with Gasteiger partial charge in [0.05, 0.1) is 43.6 Å². The number of carbonyl (C=O) groups is 2. The van der Waals surface area contributed by atoms with Gasteiger partial charge in [0, 0.05) is 5.56 Å². The third kappa shape index (κ3) is 5.64. The van der Waals surface area contributed by atoms with E-state index in [4.69, 9.17) is 15.9 Å². The summed E-state index contributed by atoms with van der Waals surface area (Å²) in [6.45, 7) is 0.315. The highest BCUT2D eigenvalue weighted by Crippen LogP contribution is 2.23. The zero-order valence-corrected chi connectivity index (χ0v) is 16.6. The predicted molar refractivity (Wildman–Crippen MR) is 108 cm³/mol. The van der Waals surface area contributed by atoms with Crippen molar-refractivity contribution in [3.8, 4) is 17.0 Å². The minimum Gasteiger partial charge on any atom is -0.491 e. The number of rotatable bonds is 7. The van der Waals surface area contributed by atoms with Crippen LogP contribution in [0.2, 0.25) is 0 Å². The lowest BCUT2D eigenvalue weighted by molar-refractivity contribution is -0.143. The molecule has 10 heteroatoms. The number of esters is 1. The standard InChI is InChI=1S/C19H21N5O4.ClH/c1-27-17(25)7-12-6-13(24-19(12)26)10-28-14-4-2-11(3-5-14)15-8-23-16(9-22-15)18(20)21;/h2-5,8-9,12-13H,6-7,10H2,1H3,(H3,20,21)(H,24,26);1H/t12-,13-;/m0./s1. The Morgan fingerprint density at radius 2 is 2.00 bits per heavy atom. The number of ether oxygens (including phenoxy) is 2. The number of halogens is 1. The maximum atomic E-state index is 11.9. The molecule has 29 heavy (non-hydrogen) atoms. The normalized spacial score (nSPS) is 17.8. The first-order valence-corrected chi connectivity index (χ1v) is 8.73. The number of nitrogens with one attached hydrogen (secondary N) is 2. The number of amidine groups is 1. The minimum atomic E-state index is -0.392. The van der Waals surface area contributed by atoms with E-state index < -0.39 is 5.97 Å². The molecule has 9 nitrogen and oxygen atoms in total. The highest BCUT2D eigenvalue weighted by atomic mass is 35.5. The summed E-state index contributed by atoms with van der Waals surface area (Å²) in [5, 5.41) is 10.2. The molecule has 2 atom stereocenters. The third-order valence-corrected chi connectivity index (χ3v) is 4.46. The van der Waals surface area contributed by atoms with E-state index in [0.717, 1.165) is 5.56 Å². The highest BCUT2D eigenvalue weighted by Gasteiger charge is 2.34. The molecular formula is C19H22ClN5O4. The molecule has 0 saturated carbocycles. The highest BCUT2D eigenvalue weighted by molar-refractivity contribution is 5.92. The number of methoxy groups -OCH3 is 1. The molecule has 0 aliphatic carbocycles. The van der Waals surface area contributed by atoms with Crippen LogP contribution in [0.3, 0.4) is 0 Å². The van der Waals surface area contributed by atoms with Gasteiger partial charge in [0.15, 0.2) is 0 Å². The lowest BCUT2D eigenvalue weighted by atomic mass is 10.0. The van der Waals surface area contributed by atoms with E-state index in [0.29, 0.717) is 30.2 Å². The van der Waals surface area contributed by atoms with Gasteiger partial charge >= 0.3 is 5.97 Å². The summed E-state index contributed by atoms with van der Waals surface area (Å²) in [6, 6.07) is 7.16. The zero-order chi connectivity index (χ0) is 20.1. The third-order valence-electron chi connectivity index (χ3n) is 4.46. The summed E-state index contributed by atoms with van der Waals surface area (Å²) in [4.78, 5) is 31.6. The number of carbonyl (C=O) groups excluding carboxylic acids is 2. The average Bonchev–Trinajstić information content (AvgIpc) is 3.06. The van der Waals surface area contributed by atoms with E-state index in [1.807, 2.05) is 12.1 Å². The van der Waals surface area contributed by atoms with Crippen LogP contribution in [0.25, 0.3) is 11.3 Å². The molecule has 0 unspecified atom stereocenters. The van der Waals surface area contributed by atoms with Crippen LogP contribution in [0.4, 0.5) is 0 Å². The molecule has 0 radical (unpaired) electrons. The van der Waals surface area contributed by atoms with Gasteiger partial charge in [0.25, 0.3) is 0 Å². The van der Waals surface area contributed by atoms with Crippen molar-refractivity contribution >= 4 is 30.1 Å². The van der Waals surface area contributed by atoms with Gasteiger partial charge < -0.3 is 20.5 Å². The monoisotopic (exact) mass is 419 g/mol. The lowest BCUT2D eigenvalue weighted by Gasteiger charge is -2.12. The van der Waals surface area contributed by atoms with Gasteiger partial charge in [-0.05, 0) is 30.7 Å². The Balaban J connectivity index is 0.00000300. The topological polar surface area (TPSA) is 140 Å². The second-order valence-electron chi connectivity index (χ2n) is 6.45. The Kier molecular flexibility index (Phi) is 7.49. The van der Waals surface area contributed by atoms with Crippen LogP contribution < -0.4 is 15.8 Å². The Morgan fingerprint density at radius 3 is 2.59 bits per heavy atom.